The van der Waals surface area contributed by atoms with Crippen molar-refractivity contribution in [2.24, 2.45) is 0 Å². The summed E-state index contributed by atoms with van der Waals surface area (Å²) in [5.74, 6) is 1.04. The molecule has 0 fully saturated rings. The second-order valence-electron chi connectivity index (χ2n) is 3.06. The molecule has 0 spiro atoms. The third-order valence-electron chi connectivity index (χ3n) is 1.97. The minimum Gasteiger partial charge on any atom is -0.493 e. The molecule has 4 nitrogen and oxygen atoms in total. The zero-order valence-corrected chi connectivity index (χ0v) is 9.61. The van der Waals surface area contributed by atoms with Gasteiger partial charge in [0.1, 0.15) is 0 Å². The second kappa shape index (κ2) is 5.80. The zero-order chi connectivity index (χ0) is 12.0. The van der Waals surface area contributed by atoms with E-state index in [0.29, 0.717) is 17.2 Å². The Bertz CT molecular complexity index is 399. The lowest BCUT2D eigenvalue weighted by molar-refractivity contribution is -0.111. The fourth-order valence-corrected chi connectivity index (χ4v) is 1.25. The predicted octanol–water partition coefficient (Wildman–Crippen LogP) is 2.22. The maximum Gasteiger partial charge on any atom is 0.248 e. The number of anilines is 1. The van der Waals surface area contributed by atoms with Crippen LogP contribution in [-0.4, -0.2) is 20.1 Å². The maximum atomic E-state index is 11.3. The van der Waals surface area contributed by atoms with Gasteiger partial charge in [0.25, 0.3) is 0 Å². The third-order valence-corrected chi connectivity index (χ3v) is 1.97. The van der Waals surface area contributed by atoms with E-state index in [-0.39, 0.29) is 5.91 Å². The lowest BCUT2D eigenvalue weighted by atomic mass is 10.2. The van der Waals surface area contributed by atoms with Crippen LogP contribution in [0.2, 0.25) is 0 Å². The van der Waals surface area contributed by atoms with Gasteiger partial charge in [-0.1, -0.05) is 6.08 Å². The molecule has 0 radical (unpaired) electrons. The number of allylic oxidation sites excluding steroid dienone is 1. The molecule has 0 aliphatic rings. The van der Waals surface area contributed by atoms with Crippen LogP contribution in [0.15, 0.2) is 30.4 Å². The smallest absolute Gasteiger partial charge is 0.248 e. The molecule has 0 heterocycles. The quantitative estimate of drug-likeness (QED) is 0.793. The topological polar surface area (TPSA) is 47.6 Å². The van der Waals surface area contributed by atoms with Crippen LogP contribution < -0.4 is 14.8 Å². The van der Waals surface area contributed by atoms with Gasteiger partial charge in [0, 0.05) is 11.8 Å². The van der Waals surface area contributed by atoms with Crippen molar-refractivity contribution in [3.8, 4) is 11.5 Å². The number of ether oxygens (including phenoxy) is 2. The molecule has 0 unspecified atom stereocenters. The first-order chi connectivity index (χ1) is 7.71. The van der Waals surface area contributed by atoms with Crippen molar-refractivity contribution in [2.45, 2.75) is 6.92 Å². The van der Waals surface area contributed by atoms with Crippen LogP contribution >= 0.6 is 0 Å². The number of methoxy groups -OCH3 is 2. The molecule has 0 aromatic heterocycles. The summed E-state index contributed by atoms with van der Waals surface area (Å²) in [5.41, 5.74) is 0.667. The van der Waals surface area contributed by atoms with Crippen LogP contribution in [0.25, 0.3) is 0 Å². The van der Waals surface area contributed by atoms with E-state index in [1.54, 1.807) is 45.4 Å². The summed E-state index contributed by atoms with van der Waals surface area (Å²) in [5, 5.41) is 2.71. The van der Waals surface area contributed by atoms with E-state index in [2.05, 4.69) is 5.32 Å². The summed E-state index contributed by atoms with van der Waals surface area (Å²) in [6.07, 6.45) is 3.13. The summed E-state index contributed by atoms with van der Waals surface area (Å²) in [4.78, 5) is 11.3. The van der Waals surface area contributed by atoms with Crippen LogP contribution in [-0.2, 0) is 4.79 Å². The third kappa shape index (κ3) is 3.02. The van der Waals surface area contributed by atoms with Crippen molar-refractivity contribution in [1.29, 1.82) is 0 Å². The summed E-state index contributed by atoms with van der Waals surface area (Å²) in [6.45, 7) is 1.79. The Balaban J connectivity index is 2.86. The molecule has 1 amide bonds. The van der Waals surface area contributed by atoms with Gasteiger partial charge in [-0.25, -0.2) is 0 Å². The van der Waals surface area contributed by atoms with Crippen molar-refractivity contribution in [2.75, 3.05) is 19.5 Å². The first-order valence-electron chi connectivity index (χ1n) is 4.87. The van der Waals surface area contributed by atoms with Crippen molar-refractivity contribution < 1.29 is 14.3 Å². The van der Waals surface area contributed by atoms with Gasteiger partial charge in [-0.05, 0) is 25.1 Å². The highest BCUT2D eigenvalue weighted by atomic mass is 16.5. The largest absolute Gasteiger partial charge is 0.493 e. The lowest BCUT2D eigenvalue weighted by Crippen LogP contribution is -2.07. The molecule has 1 rings (SSSR count). The molecule has 1 aromatic carbocycles. The van der Waals surface area contributed by atoms with Gasteiger partial charge in [-0.2, -0.15) is 0 Å². The molecule has 16 heavy (non-hydrogen) atoms. The number of carbonyl (C=O) groups is 1. The number of amides is 1. The number of hydrogen-bond acceptors (Lipinski definition) is 3. The lowest BCUT2D eigenvalue weighted by Gasteiger charge is -2.09. The molecule has 0 saturated heterocycles. The normalized spacial score (nSPS) is 10.2. The Morgan fingerprint density at radius 2 is 1.94 bits per heavy atom. The molecule has 0 atom stereocenters. The molecular formula is C12H15NO3. The van der Waals surface area contributed by atoms with Crippen LogP contribution in [0.1, 0.15) is 6.92 Å². The zero-order valence-electron chi connectivity index (χ0n) is 9.61. The van der Waals surface area contributed by atoms with Crippen molar-refractivity contribution >= 4 is 11.6 Å². The Morgan fingerprint density at radius 3 is 2.50 bits per heavy atom. The summed E-state index contributed by atoms with van der Waals surface area (Å²) in [7, 11) is 3.12. The standard InChI is InChI=1S/C12H15NO3/c1-4-5-12(14)13-9-6-7-10(15-2)11(8-9)16-3/h4-8H,1-3H3,(H,13,14)/b5-4+. The Hall–Kier alpha value is -1.97. The average Bonchev–Trinajstić information content (AvgIpc) is 2.29. The highest BCUT2D eigenvalue weighted by molar-refractivity contribution is 5.99. The monoisotopic (exact) mass is 221 g/mol. The van der Waals surface area contributed by atoms with Gasteiger partial charge in [0.2, 0.25) is 5.91 Å². The number of carbonyl (C=O) groups excluding carboxylic acids is 1. The number of benzene rings is 1. The Morgan fingerprint density at radius 1 is 1.25 bits per heavy atom. The molecule has 0 aliphatic heterocycles. The van der Waals surface area contributed by atoms with E-state index in [0.717, 1.165) is 0 Å². The fraction of sp³-hybridized carbons (Fsp3) is 0.250. The van der Waals surface area contributed by atoms with Crippen molar-refractivity contribution in [1.82, 2.24) is 0 Å². The first kappa shape index (κ1) is 12.1. The second-order valence-corrected chi connectivity index (χ2v) is 3.06. The number of hydrogen-bond donors (Lipinski definition) is 1. The summed E-state index contributed by atoms with van der Waals surface area (Å²) in [6, 6.07) is 5.20. The molecule has 0 aliphatic carbocycles. The molecule has 0 saturated carbocycles. The molecule has 1 aromatic rings. The van der Waals surface area contributed by atoms with Crippen molar-refractivity contribution in [3.63, 3.8) is 0 Å². The van der Waals surface area contributed by atoms with Gasteiger partial charge < -0.3 is 14.8 Å². The van der Waals surface area contributed by atoms with Gasteiger partial charge in [0.15, 0.2) is 11.5 Å². The fourth-order valence-electron chi connectivity index (χ4n) is 1.25. The van der Waals surface area contributed by atoms with Crippen LogP contribution in [0.5, 0.6) is 11.5 Å². The SMILES string of the molecule is C/C=C/C(=O)Nc1ccc(OC)c(OC)c1. The first-order valence-corrected chi connectivity index (χ1v) is 4.87. The van der Waals surface area contributed by atoms with Gasteiger partial charge in [0.05, 0.1) is 14.2 Å². The van der Waals surface area contributed by atoms with E-state index < -0.39 is 0 Å². The summed E-state index contributed by atoms with van der Waals surface area (Å²) < 4.78 is 10.2. The van der Waals surface area contributed by atoms with E-state index in [9.17, 15) is 4.79 Å². The van der Waals surface area contributed by atoms with E-state index in [1.165, 1.54) is 6.08 Å². The Kier molecular flexibility index (Phi) is 4.39. The molecule has 4 heteroatoms. The molecule has 1 N–H and O–H groups in total. The van der Waals surface area contributed by atoms with Crippen LogP contribution in [0.3, 0.4) is 0 Å². The highest BCUT2D eigenvalue weighted by Gasteiger charge is 2.05. The molecule has 0 bridgehead atoms. The van der Waals surface area contributed by atoms with Gasteiger partial charge >= 0.3 is 0 Å². The van der Waals surface area contributed by atoms with Gasteiger partial charge in [-0.15, -0.1) is 0 Å². The number of nitrogens with one attached hydrogen (secondary N) is 1. The minimum absolute atomic E-state index is 0.172. The van der Waals surface area contributed by atoms with Gasteiger partial charge in [-0.3, -0.25) is 4.79 Å². The molecule has 86 valence electrons. The van der Waals surface area contributed by atoms with E-state index >= 15 is 0 Å². The van der Waals surface area contributed by atoms with E-state index in [4.69, 9.17) is 9.47 Å². The van der Waals surface area contributed by atoms with Crippen LogP contribution in [0, 0.1) is 0 Å². The van der Waals surface area contributed by atoms with E-state index in [1.807, 2.05) is 0 Å². The van der Waals surface area contributed by atoms with Crippen LogP contribution in [0.4, 0.5) is 5.69 Å². The summed E-state index contributed by atoms with van der Waals surface area (Å²) >= 11 is 0. The number of rotatable bonds is 4. The highest BCUT2D eigenvalue weighted by Crippen LogP contribution is 2.29. The molecular weight excluding hydrogens is 206 g/mol. The Labute approximate surface area is 94.9 Å². The minimum atomic E-state index is -0.172. The maximum absolute atomic E-state index is 11.3. The van der Waals surface area contributed by atoms with Crippen molar-refractivity contribution in [3.05, 3.63) is 30.4 Å². The average molecular weight is 221 g/mol. The predicted molar refractivity (Wildman–Crippen MR) is 63.0 cm³/mol.